The Labute approximate surface area is 96.2 Å². The van der Waals surface area contributed by atoms with Crippen LogP contribution in [0.3, 0.4) is 0 Å². The lowest BCUT2D eigenvalue weighted by Crippen LogP contribution is -2.02. The van der Waals surface area contributed by atoms with Crippen LogP contribution in [0.5, 0.6) is 0 Å². The predicted molar refractivity (Wildman–Crippen MR) is 65.2 cm³/mol. The summed E-state index contributed by atoms with van der Waals surface area (Å²) in [4.78, 5) is 0. The number of nitrogen functional groups attached to an aromatic ring is 1. The number of para-hydroxylation sites is 1. The Morgan fingerprint density at radius 2 is 2.13 bits per heavy atom. The van der Waals surface area contributed by atoms with E-state index in [1.54, 1.807) is 10.7 Å². The van der Waals surface area contributed by atoms with Crippen LogP contribution >= 0.6 is 15.9 Å². The second-order valence-electron chi connectivity index (χ2n) is 3.07. The molecule has 1 aromatic heterocycles. The second kappa shape index (κ2) is 3.94. The van der Waals surface area contributed by atoms with Crippen molar-refractivity contribution in [3.8, 4) is 5.69 Å². The maximum absolute atomic E-state index is 5.86. The van der Waals surface area contributed by atoms with Gasteiger partial charge in [-0.15, -0.1) is 5.10 Å². The molecular formula is C10H11BrN4. The van der Waals surface area contributed by atoms with E-state index in [9.17, 15) is 0 Å². The highest BCUT2D eigenvalue weighted by molar-refractivity contribution is 9.10. The average Bonchev–Trinajstić information content (AvgIpc) is 2.60. The molecule has 0 aliphatic heterocycles. The van der Waals surface area contributed by atoms with Crippen molar-refractivity contribution >= 4 is 27.6 Å². The van der Waals surface area contributed by atoms with Gasteiger partial charge in [0.15, 0.2) is 0 Å². The van der Waals surface area contributed by atoms with Crippen LogP contribution in [-0.4, -0.2) is 16.8 Å². The van der Waals surface area contributed by atoms with Crippen molar-refractivity contribution < 1.29 is 0 Å². The Hall–Kier alpha value is -1.49. The zero-order valence-electron chi connectivity index (χ0n) is 8.24. The molecule has 1 heterocycles. The molecule has 0 spiro atoms. The third kappa shape index (κ3) is 1.83. The molecule has 3 N–H and O–H groups in total. The minimum atomic E-state index is 0.603. The summed E-state index contributed by atoms with van der Waals surface area (Å²) in [5.41, 5.74) is 6.78. The smallest absolute Gasteiger partial charge is 0.150 e. The Kier molecular flexibility index (Phi) is 2.64. The van der Waals surface area contributed by atoms with E-state index in [1.165, 1.54) is 0 Å². The van der Waals surface area contributed by atoms with Gasteiger partial charge in [-0.1, -0.05) is 12.1 Å². The molecule has 5 heteroatoms. The van der Waals surface area contributed by atoms with Crippen molar-refractivity contribution in [2.45, 2.75) is 0 Å². The molecule has 78 valence electrons. The lowest BCUT2D eigenvalue weighted by atomic mass is 10.3. The number of aromatic nitrogens is 2. The van der Waals surface area contributed by atoms with E-state index in [-0.39, 0.29) is 0 Å². The van der Waals surface area contributed by atoms with Crippen LogP contribution < -0.4 is 11.1 Å². The van der Waals surface area contributed by atoms with Crippen molar-refractivity contribution in [3.05, 3.63) is 34.8 Å². The fraction of sp³-hybridized carbons (Fsp3) is 0.100. The third-order valence-electron chi connectivity index (χ3n) is 2.07. The lowest BCUT2D eigenvalue weighted by Gasteiger charge is -2.05. The van der Waals surface area contributed by atoms with Gasteiger partial charge in [0.2, 0.25) is 0 Å². The summed E-state index contributed by atoms with van der Waals surface area (Å²) in [6.45, 7) is 0. The van der Waals surface area contributed by atoms with Crippen LogP contribution in [0, 0.1) is 0 Å². The molecule has 15 heavy (non-hydrogen) atoms. The van der Waals surface area contributed by atoms with Crippen LogP contribution in [0.2, 0.25) is 0 Å². The molecule has 0 saturated carbocycles. The number of anilines is 2. The van der Waals surface area contributed by atoms with E-state index in [4.69, 9.17) is 5.73 Å². The SMILES string of the molecule is CNc1cc(N)n(-c2ccccc2Br)n1. The molecular weight excluding hydrogens is 256 g/mol. The Morgan fingerprint density at radius 3 is 2.73 bits per heavy atom. The first kappa shape index (κ1) is 10.0. The van der Waals surface area contributed by atoms with Gasteiger partial charge < -0.3 is 11.1 Å². The Bertz CT molecular complexity index is 478. The summed E-state index contributed by atoms with van der Waals surface area (Å²) in [5.74, 6) is 1.36. The number of hydrogen-bond donors (Lipinski definition) is 2. The number of benzene rings is 1. The minimum Gasteiger partial charge on any atom is -0.384 e. The molecule has 0 fully saturated rings. The minimum absolute atomic E-state index is 0.603. The van der Waals surface area contributed by atoms with Gasteiger partial charge in [-0.25, -0.2) is 4.68 Å². The van der Waals surface area contributed by atoms with Crippen molar-refractivity contribution in [1.29, 1.82) is 0 Å². The summed E-state index contributed by atoms with van der Waals surface area (Å²) in [6.07, 6.45) is 0. The van der Waals surface area contributed by atoms with Crippen molar-refractivity contribution in [1.82, 2.24) is 9.78 Å². The topological polar surface area (TPSA) is 55.9 Å². The number of halogens is 1. The van der Waals surface area contributed by atoms with Gasteiger partial charge in [-0.3, -0.25) is 0 Å². The molecule has 0 unspecified atom stereocenters. The van der Waals surface area contributed by atoms with Gasteiger partial charge in [0.05, 0.1) is 5.69 Å². The van der Waals surface area contributed by atoms with Crippen molar-refractivity contribution in [2.75, 3.05) is 18.1 Å². The summed E-state index contributed by atoms with van der Waals surface area (Å²) in [6, 6.07) is 9.59. The van der Waals surface area contributed by atoms with Crippen LogP contribution in [0.1, 0.15) is 0 Å². The van der Waals surface area contributed by atoms with Crippen LogP contribution in [0.15, 0.2) is 34.8 Å². The summed E-state index contributed by atoms with van der Waals surface area (Å²) in [5, 5.41) is 7.26. The maximum atomic E-state index is 5.86. The number of nitrogens with one attached hydrogen (secondary N) is 1. The van der Waals surface area contributed by atoms with Crippen molar-refractivity contribution in [2.24, 2.45) is 0 Å². The average molecular weight is 267 g/mol. The second-order valence-corrected chi connectivity index (χ2v) is 3.92. The lowest BCUT2D eigenvalue weighted by molar-refractivity contribution is 0.889. The first-order valence-corrected chi connectivity index (χ1v) is 5.30. The molecule has 0 radical (unpaired) electrons. The van der Waals surface area contributed by atoms with Crippen LogP contribution in [0.4, 0.5) is 11.6 Å². The van der Waals surface area contributed by atoms with Gasteiger partial charge in [-0.2, -0.15) is 0 Å². The van der Waals surface area contributed by atoms with E-state index in [0.29, 0.717) is 5.82 Å². The molecule has 0 bridgehead atoms. The van der Waals surface area contributed by atoms with E-state index in [0.717, 1.165) is 16.0 Å². The first-order valence-electron chi connectivity index (χ1n) is 4.50. The molecule has 0 amide bonds. The van der Waals surface area contributed by atoms with Crippen LogP contribution in [0.25, 0.3) is 5.69 Å². The van der Waals surface area contributed by atoms with Gasteiger partial charge >= 0.3 is 0 Å². The maximum Gasteiger partial charge on any atom is 0.150 e. The molecule has 2 aromatic rings. The van der Waals surface area contributed by atoms with Gasteiger partial charge in [-0.05, 0) is 28.1 Å². The quantitative estimate of drug-likeness (QED) is 0.877. The van der Waals surface area contributed by atoms with E-state index < -0.39 is 0 Å². The Morgan fingerprint density at radius 1 is 1.40 bits per heavy atom. The fourth-order valence-electron chi connectivity index (χ4n) is 1.33. The number of hydrogen-bond acceptors (Lipinski definition) is 3. The van der Waals surface area contributed by atoms with Gasteiger partial charge in [0.25, 0.3) is 0 Å². The van der Waals surface area contributed by atoms with Gasteiger partial charge in [0.1, 0.15) is 11.6 Å². The van der Waals surface area contributed by atoms with E-state index in [1.807, 2.05) is 31.3 Å². The largest absolute Gasteiger partial charge is 0.384 e. The van der Waals surface area contributed by atoms with Gasteiger partial charge in [0, 0.05) is 17.6 Å². The van der Waals surface area contributed by atoms with E-state index in [2.05, 4.69) is 26.3 Å². The van der Waals surface area contributed by atoms with Crippen LogP contribution in [-0.2, 0) is 0 Å². The summed E-state index contributed by atoms with van der Waals surface area (Å²) < 4.78 is 2.65. The number of nitrogens with two attached hydrogens (primary N) is 1. The van der Waals surface area contributed by atoms with Crippen molar-refractivity contribution in [3.63, 3.8) is 0 Å². The highest BCUT2D eigenvalue weighted by Gasteiger charge is 2.07. The number of nitrogens with zero attached hydrogens (tertiary/aromatic N) is 2. The molecule has 1 aromatic carbocycles. The molecule has 0 atom stereocenters. The fourth-order valence-corrected chi connectivity index (χ4v) is 1.79. The number of rotatable bonds is 2. The molecule has 0 aliphatic carbocycles. The summed E-state index contributed by atoms with van der Waals surface area (Å²) >= 11 is 3.46. The predicted octanol–water partition coefficient (Wildman–Crippen LogP) is 2.26. The first-order chi connectivity index (χ1) is 7.22. The Balaban J connectivity index is 2.54. The summed E-state index contributed by atoms with van der Waals surface area (Å²) in [7, 11) is 1.81. The highest BCUT2D eigenvalue weighted by atomic mass is 79.9. The normalized spacial score (nSPS) is 10.3. The molecule has 0 aliphatic rings. The third-order valence-corrected chi connectivity index (χ3v) is 2.74. The highest BCUT2D eigenvalue weighted by Crippen LogP contribution is 2.23. The molecule has 4 nitrogen and oxygen atoms in total. The monoisotopic (exact) mass is 266 g/mol. The zero-order valence-corrected chi connectivity index (χ0v) is 9.82. The zero-order chi connectivity index (χ0) is 10.8. The molecule has 2 rings (SSSR count). The van der Waals surface area contributed by atoms with E-state index >= 15 is 0 Å². The standard InChI is InChI=1S/C10H11BrN4/c1-13-10-6-9(12)15(14-10)8-5-3-2-4-7(8)11/h2-6H,12H2,1H3,(H,13,14). The molecule has 0 saturated heterocycles.